The number of hydrogen-bond donors (Lipinski definition) is 0. The van der Waals surface area contributed by atoms with Crippen molar-refractivity contribution in [2.24, 2.45) is 14.1 Å². The molecule has 0 aliphatic carbocycles. The van der Waals surface area contributed by atoms with Crippen molar-refractivity contribution in [2.75, 3.05) is 0 Å². The highest BCUT2D eigenvalue weighted by Gasteiger charge is 2.16. The molecule has 0 bridgehead atoms. The highest BCUT2D eigenvalue weighted by Crippen LogP contribution is 2.40. The van der Waals surface area contributed by atoms with Gasteiger partial charge in [-0.1, -0.05) is 91.0 Å². The van der Waals surface area contributed by atoms with Gasteiger partial charge in [0.25, 0.3) is 0 Å². The molecule has 206 valence electrons. The summed E-state index contributed by atoms with van der Waals surface area (Å²) >= 11 is 1.81. The van der Waals surface area contributed by atoms with E-state index in [4.69, 9.17) is 9.97 Å². The Balaban J connectivity index is 1.27. The number of nitrogens with zero attached hydrogens (tertiary/aromatic N) is 4. The van der Waals surface area contributed by atoms with Crippen LogP contribution in [0.3, 0.4) is 0 Å². The number of imidazole rings is 1. The molecule has 8 aromatic rings. The first-order chi connectivity index (χ1) is 21.0. The zero-order valence-electron chi connectivity index (χ0n) is 23.7. The maximum Gasteiger partial charge on any atom is 0.328 e. The maximum atomic E-state index is 12.4. The van der Waals surface area contributed by atoms with E-state index in [-0.39, 0.29) is 5.69 Å². The predicted molar refractivity (Wildman–Crippen MR) is 178 cm³/mol. The molecule has 6 heteroatoms. The van der Waals surface area contributed by atoms with Crippen molar-refractivity contribution in [3.8, 4) is 45.0 Å². The number of aromatic nitrogens is 4. The summed E-state index contributed by atoms with van der Waals surface area (Å²) in [4.78, 5) is 22.6. The third kappa shape index (κ3) is 4.18. The van der Waals surface area contributed by atoms with Crippen LogP contribution in [0.4, 0.5) is 0 Å². The Hall–Kier alpha value is -5.33. The molecule has 0 aliphatic rings. The van der Waals surface area contributed by atoms with Crippen LogP contribution in [0.5, 0.6) is 0 Å². The van der Waals surface area contributed by atoms with Gasteiger partial charge >= 0.3 is 5.69 Å². The zero-order chi connectivity index (χ0) is 29.1. The van der Waals surface area contributed by atoms with E-state index >= 15 is 0 Å². The fourth-order valence-electron chi connectivity index (χ4n) is 5.96. The van der Waals surface area contributed by atoms with E-state index in [1.54, 1.807) is 16.2 Å². The van der Waals surface area contributed by atoms with Gasteiger partial charge in [0.1, 0.15) is 0 Å². The molecule has 0 saturated carbocycles. The first-order valence-corrected chi connectivity index (χ1v) is 15.0. The molecule has 8 rings (SSSR count). The summed E-state index contributed by atoms with van der Waals surface area (Å²) in [7, 11) is 3.62. The number of fused-ring (bicyclic) bond motifs is 4. The van der Waals surface area contributed by atoms with E-state index in [0.717, 1.165) is 50.2 Å². The van der Waals surface area contributed by atoms with E-state index in [9.17, 15) is 4.79 Å². The lowest BCUT2D eigenvalue weighted by atomic mass is 10.00. The van der Waals surface area contributed by atoms with Gasteiger partial charge in [-0.15, -0.1) is 11.3 Å². The Morgan fingerprint density at radius 3 is 2.07 bits per heavy atom. The first kappa shape index (κ1) is 25.4. The molecule has 0 radical (unpaired) electrons. The smallest absolute Gasteiger partial charge is 0.295 e. The Morgan fingerprint density at radius 2 is 1.23 bits per heavy atom. The predicted octanol–water partition coefficient (Wildman–Crippen LogP) is 8.70. The van der Waals surface area contributed by atoms with Crippen LogP contribution in [0.15, 0.2) is 126 Å². The molecule has 0 aliphatic heterocycles. The van der Waals surface area contributed by atoms with Crippen LogP contribution < -0.4 is 5.69 Å². The van der Waals surface area contributed by atoms with E-state index in [1.165, 1.54) is 20.2 Å². The topological polar surface area (TPSA) is 52.7 Å². The molecule has 5 aromatic carbocycles. The molecule has 0 amide bonds. The van der Waals surface area contributed by atoms with E-state index in [1.807, 2.05) is 42.6 Å². The highest BCUT2D eigenvalue weighted by molar-refractivity contribution is 7.25. The normalized spacial score (nSPS) is 11.6. The van der Waals surface area contributed by atoms with Crippen LogP contribution in [0.25, 0.3) is 76.2 Å². The Morgan fingerprint density at radius 1 is 0.558 bits per heavy atom. The SMILES string of the molecule is Cn1c(=O)n(C)c2cc(-c3ccc(-c4cc(-c5cccc6sc7ccccc7c56)nc(-c5ccccc5)n4)cc3)ccc21. The first-order valence-electron chi connectivity index (χ1n) is 14.2. The molecule has 0 atom stereocenters. The molecular formula is C37H26N4OS. The minimum atomic E-state index is -0.0255. The van der Waals surface area contributed by atoms with Gasteiger partial charge in [0, 0.05) is 51.0 Å². The molecule has 3 heterocycles. The number of hydrogen-bond acceptors (Lipinski definition) is 4. The van der Waals surface area contributed by atoms with Crippen LogP contribution in [-0.2, 0) is 14.1 Å². The Bertz CT molecular complexity index is 2380. The van der Waals surface area contributed by atoms with Crippen LogP contribution in [0.1, 0.15) is 0 Å². The van der Waals surface area contributed by atoms with Crippen molar-refractivity contribution in [1.82, 2.24) is 19.1 Å². The maximum absolute atomic E-state index is 12.4. The van der Waals surface area contributed by atoms with Crippen molar-refractivity contribution < 1.29 is 0 Å². The van der Waals surface area contributed by atoms with E-state index in [0.29, 0.717) is 5.82 Å². The Labute approximate surface area is 252 Å². The van der Waals surface area contributed by atoms with E-state index < -0.39 is 0 Å². The van der Waals surface area contributed by atoms with Gasteiger partial charge in [-0.25, -0.2) is 14.8 Å². The van der Waals surface area contributed by atoms with Crippen molar-refractivity contribution in [2.45, 2.75) is 0 Å². The summed E-state index contributed by atoms with van der Waals surface area (Å²) < 4.78 is 5.89. The second-order valence-corrected chi connectivity index (χ2v) is 11.9. The minimum Gasteiger partial charge on any atom is -0.295 e. The molecule has 0 fully saturated rings. The Kier molecular flexibility index (Phi) is 5.84. The van der Waals surface area contributed by atoms with Gasteiger partial charge in [0.15, 0.2) is 5.82 Å². The lowest BCUT2D eigenvalue weighted by Gasteiger charge is -2.11. The monoisotopic (exact) mass is 574 g/mol. The van der Waals surface area contributed by atoms with E-state index in [2.05, 4.69) is 97.1 Å². The second kappa shape index (κ2) is 9.89. The average molecular weight is 575 g/mol. The number of aryl methyl sites for hydroxylation is 2. The highest BCUT2D eigenvalue weighted by atomic mass is 32.1. The van der Waals surface area contributed by atoms with Crippen LogP contribution in [-0.4, -0.2) is 19.1 Å². The fourth-order valence-corrected chi connectivity index (χ4v) is 7.09. The lowest BCUT2D eigenvalue weighted by Crippen LogP contribution is -2.19. The van der Waals surface area contributed by atoms with Gasteiger partial charge in [-0.05, 0) is 41.5 Å². The third-order valence-corrected chi connectivity index (χ3v) is 9.36. The van der Waals surface area contributed by atoms with Gasteiger partial charge in [0.2, 0.25) is 0 Å². The van der Waals surface area contributed by atoms with Crippen molar-refractivity contribution in [3.05, 3.63) is 132 Å². The van der Waals surface area contributed by atoms with Crippen LogP contribution in [0, 0.1) is 0 Å². The summed E-state index contributed by atoms with van der Waals surface area (Å²) in [5, 5.41) is 2.48. The average Bonchev–Trinajstić information content (AvgIpc) is 3.55. The standard InChI is InChI=1S/C37H26N4OS/c1-40-31-20-19-26(21-32(31)41(2)37(40)42)23-15-17-24(18-16-23)29-22-30(39-36(38-29)25-9-4-3-5-10-25)27-12-8-14-34-35(27)28-11-6-7-13-33(28)43-34/h3-22H,1-2H3. The fraction of sp³-hybridized carbons (Fsp3) is 0.0541. The lowest BCUT2D eigenvalue weighted by molar-refractivity contribution is 0.795. The number of benzene rings is 5. The van der Waals surface area contributed by atoms with Crippen LogP contribution in [0.2, 0.25) is 0 Å². The quantitative estimate of drug-likeness (QED) is 0.211. The second-order valence-electron chi connectivity index (χ2n) is 10.8. The summed E-state index contributed by atoms with van der Waals surface area (Å²) in [6.45, 7) is 0. The molecule has 0 spiro atoms. The van der Waals surface area contributed by atoms with Gasteiger partial charge < -0.3 is 0 Å². The largest absolute Gasteiger partial charge is 0.328 e. The van der Waals surface area contributed by atoms with Crippen LogP contribution >= 0.6 is 11.3 Å². The summed E-state index contributed by atoms with van der Waals surface area (Å²) in [5.74, 6) is 0.698. The molecule has 5 nitrogen and oxygen atoms in total. The third-order valence-electron chi connectivity index (χ3n) is 8.22. The minimum absolute atomic E-state index is 0.0255. The molecular weight excluding hydrogens is 549 g/mol. The molecule has 43 heavy (non-hydrogen) atoms. The number of rotatable bonds is 4. The van der Waals surface area contributed by atoms with Crippen molar-refractivity contribution in [1.29, 1.82) is 0 Å². The summed E-state index contributed by atoms with van der Waals surface area (Å²) in [6, 6.07) is 41.9. The van der Waals surface area contributed by atoms with Crippen molar-refractivity contribution >= 4 is 42.5 Å². The molecule has 0 unspecified atom stereocenters. The molecule has 0 N–H and O–H groups in total. The number of thiophene rings is 1. The molecule has 0 saturated heterocycles. The van der Waals surface area contributed by atoms with Gasteiger partial charge in [-0.3, -0.25) is 9.13 Å². The van der Waals surface area contributed by atoms with Gasteiger partial charge in [-0.2, -0.15) is 0 Å². The van der Waals surface area contributed by atoms with Gasteiger partial charge in [0.05, 0.1) is 22.4 Å². The zero-order valence-corrected chi connectivity index (χ0v) is 24.5. The van der Waals surface area contributed by atoms with Crippen molar-refractivity contribution in [3.63, 3.8) is 0 Å². The summed E-state index contributed by atoms with van der Waals surface area (Å²) in [6.07, 6.45) is 0. The summed E-state index contributed by atoms with van der Waals surface area (Å²) in [5.41, 5.74) is 8.81. The molecule has 3 aromatic heterocycles.